The lowest BCUT2D eigenvalue weighted by atomic mass is 10.0. The van der Waals surface area contributed by atoms with Crippen LogP contribution in [-0.2, 0) is 0 Å². The molecule has 6 nitrogen and oxygen atoms in total. The van der Waals surface area contributed by atoms with E-state index in [1.165, 1.54) is 12.1 Å². The van der Waals surface area contributed by atoms with Crippen LogP contribution in [0.15, 0.2) is 72.8 Å². The van der Waals surface area contributed by atoms with Gasteiger partial charge in [0.05, 0.1) is 23.9 Å². The highest BCUT2D eigenvalue weighted by atomic mass is 16.5. The number of ether oxygens (including phenoxy) is 1. The zero-order valence-corrected chi connectivity index (χ0v) is 15.1. The van der Waals surface area contributed by atoms with Crippen LogP contribution in [0.5, 0.6) is 5.75 Å². The number of fused-ring (bicyclic) bond motifs is 1. The number of hydrogen-bond donors (Lipinski definition) is 2. The van der Waals surface area contributed by atoms with Gasteiger partial charge in [0.2, 0.25) is 0 Å². The summed E-state index contributed by atoms with van der Waals surface area (Å²) in [6, 6.07) is 21.1. The van der Waals surface area contributed by atoms with Gasteiger partial charge in [-0.3, -0.25) is 9.69 Å². The molecular formula is C22H18N2O4. The number of carboxylic acid groups (broad SMARTS) is 1. The van der Waals surface area contributed by atoms with Crippen LogP contribution in [0.2, 0.25) is 0 Å². The van der Waals surface area contributed by atoms with Crippen molar-refractivity contribution in [3.8, 4) is 5.75 Å². The monoisotopic (exact) mass is 374 g/mol. The molecule has 0 saturated heterocycles. The molecular weight excluding hydrogens is 356 g/mol. The van der Waals surface area contributed by atoms with E-state index in [-0.39, 0.29) is 11.5 Å². The third kappa shape index (κ3) is 2.95. The molecule has 0 saturated carbocycles. The van der Waals surface area contributed by atoms with E-state index >= 15 is 0 Å². The van der Waals surface area contributed by atoms with Crippen LogP contribution in [0.3, 0.4) is 0 Å². The van der Waals surface area contributed by atoms with Crippen molar-refractivity contribution in [2.45, 2.75) is 6.17 Å². The fraction of sp³-hybridized carbons (Fsp3) is 0.0909. The molecule has 0 unspecified atom stereocenters. The SMILES string of the molecule is COc1ccccc1N1C(=O)c2ccccc2N[C@H]1c1ccc(C(=O)O)cc1. The third-order valence-electron chi connectivity index (χ3n) is 4.74. The smallest absolute Gasteiger partial charge is 0.335 e. The summed E-state index contributed by atoms with van der Waals surface area (Å²) in [6.07, 6.45) is -0.512. The van der Waals surface area contributed by atoms with Gasteiger partial charge in [0.15, 0.2) is 0 Å². The summed E-state index contributed by atoms with van der Waals surface area (Å²) in [5.74, 6) is -0.582. The van der Waals surface area contributed by atoms with Crippen molar-refractivity contribution in [2.24, 2.45) is 0 Å². The number of amides is 1. The van der Waals surface area contributed by atoms with Gasteiger partial charge in [0, 0.05) is 5.69 Å². The van der Waals surface area contributed by atoms with E-state index in [4.69, 9.17) is 9.84 Å². The number of benzene rings is 3. The fourth-order valence-corrected chi connectivity index (χ4v) is 3.37. The van der Waals surface area contributed by atoms with Gasteiger partial charge in [-0.15, -0.1) is 0 Å². The Morgan fingerprint density at radius 2 is 1.68 bits per heavy atom. The number of carboxylic acids is 1. The number of para-hydroxylation sites is 3. The summed E-state index contributed by atoms with van der Waals surface area (Å²) in [5, 5.41) is 12.6. The third-order valence-corrected chi connectivity index (χ3v) is 4.74. The highest BCUT2D eigenvalue weighted by Crippen LogP contribution is 2.40. The topological polar surface area (TPSA) is 78.9 Å². The maximum Gasteiger partial charge on any atom is 0.335 e. The Kier molecular flexibility index (Phi) is 4.45. The molecule has 0 aromatic heterocycles. The molecule has 0 spiro atoms. The van der Waals surface area contributed by atoms with E-state index < -0.39 is 12.1 Å². The van der Waals surface area contributed by atoms with Gasteiger partial charge in [-0.1, -0.05) is 36.4 Å². The van der Waals surface area contributed by atoms with Crippen molar-refractivity contribution in [1.82, 2.24) is 0 Å². The van der Waals surface area contributed by atoms with Gasteiger partial charge >= 0.3 is 5.97 Å². The summed E-state index contributed by atoms with van der Waals surface area (Å²) >= 11 is 0. The van der Waals surface area contributed by atoms with Gasteiger partial charge in [-0.2, -0.15) is 0 Å². The standard InChI is InChI=1S/C22H18N2O4/c1-28-19-9-5-4-8-18(19)24-20(14-10-12-15(13-11-14)22(26)27)23-17-7-3-2-6-16(17)21(24)25/h2-13,20,23H,1H3,(H,26,27)/t20-/m1/s1. The number of rotatable bonds is 4. The molecule has 3 aromatic carbocycles. The summed E-state index contributed by atoms with van der Waals surface area (Å²) in [5.41, 5.74) is 2.87. The van der Waals surface area contributed by atoms with Crippen molar-refractivity contribution in [3.05, 3.63) is 89.5 Å². The minimum Gasteiger partial charge on any atom is -0.495 e. The van der Waals surface area contributed by atoms with E-state index in [0.717, 1.165) is 11.3 Å². The van der Waals surface area contributed by atoms with E-state index in [2.05, 4.69) is 5.32 Å². The zero-order valence-electron chi connectivity index (χ0n) is 15.1. The Morgan fingerprint density at radius 1 is 1.00 bits per heavy atom. The summed E-state index contributed by atoms with van der Waals surface area (Å²) in [6.45, 7) is 0. The first-order valence-corrected chi connectivity index (χ1v) is 8.75. The molecule has 2 N–H and O–H groups in total. The highest BCUT2D eigenvalue weighted by Gasteiger charge is 2.35. The number of hydrogen-bond acceptors (Lipinski definition) is 4. The lowest BCUT2D eigenvalue weighted by Gasteiger charge is -2.38. The first-order chi connectivity index (χ1) is 13.6. The second-order valence-electron chi connectivity index (χ2n) is 6.37. The second kappa shape index (κ2) is 7.08. The molecule has 0 radical (unpaired) electrons. The molecule has 1 atom stereocenters. The van der Waals surface area contributed by atoms with Crippen molar-refractivity contribution >= 4 is 23.3 Å². The highest BCUT2D eigenvalue weighted by molar-refractivity contribution is 6.12. The molecule has 0 aliphatic carbocycles. The average Bonchev–Trinajstić information content (AvgIpc) is 2.74. The molecule has 3 aromatic rings. The van der Waals surface area contributed by atoms with Crippen molar-refractivity contribution < 1.29 is 19.4 Å². The van der Waals surface area contributed by atoms with Crippen LogP contribution in [0, 0.1) is 0 Å². The molecule has 140 valence electrons. The Morgan fingerprint density at radius 3 is 2.39 bits per heavy atom. The largest absolute Gasteiger partial charge is 0.495 e. The summed E-state index contributed by atoms with van der Waals surface area (Å²) in [4.78, 5) is 26.2. The Labute approximate surface area is 162 Å². The van der Waals surface area contributed by atoms with Crippen molar-refractivity contribution in [2.75, 3.05) is 17.3 Å². The minimum atomic E-state index is -0.994. The number of aromatic carboxylic acids is 1. The minimum absolute atomic E-state index is 0.161. The molecule has 1 aliphatic heterocycles. The van der Waals surface area contributed by atoms with Gasteiger partial charge in [0.1, 0.15) is 11.9 Å². The van der Waals surface area contributed by atoms with Gasteiger partial charge < -0.3 is 15.2 Å². The molecule has 4 rings (SSSR count). The predicted molar refractivity (Wildman–Crippen MR) is 106 cm³/mol. The molecule has 0 bridgehead atoms. The number of carbonyl (C=O) groups excluding carboxylic acids is 1. The van der Waals surface area contributed by atoms with Crippen molar-refractivity contribution in [1.29, 1.82) is 0 Å². The van der Waals surface area contributed by atoms with E-state index in [1.54, 1.807) is 36.3 Å². The van der Waals surface area contributed by atoms with Crippen LogP contribution in [-0.4, -0.2) is 24.1 Å². The van der Waals surface area contributed by atoms with Crippen LogP contribution < -0.4 is 15.0 Å². The van der Waals surface area contributed by atoms with Gasteiger partial charge in [0.25, 0.3) is 5.91 Å². The van der Waals surface area contributed by atoms with E-state index in [1.807, 2.05) is 36.4 Å². The van der Waals surface area contributed by atoms with Crippen LogP contribution in [0.25, 0.3) is 0 Å². The van der Waals surface area contributed by atoms with E-state index in [9.17, 15) is 9.59 Å². The molecule has 1 aliphatic rings. The normalized spacial score (nSPS) is 15.5. The predicted octanol–water partition coefficient (Wildman–Crippen LogP) is 4.16. The van der Waals surface area contributed by atoms with Crippen molar-refractivity contribution in [3.63, 3.8) is 0 Å². The number of methoxy groups -OCH3 is 1. The first kappa shape index (κ1) is 17.6. The molecule has 1 amide bonds. The second-order valence-corrected chi connectivity index (χ2v) is 6.37. The maximum absolute atomic E-state index is 13.4. The summed E-state index contributed by atoms with van der Waals surface area (Å²) in [7, 11) is 1.56. The Bertz CT molecular complexity index is 1050. The Hall–Kier alpha value is -3.80. The van der Waals surface area contributed by atoms with Crippen LogP contribution >= 0.6 is 0 Å². The fourth-order valence-electron chi connectivity index (χ4n) is 3.37. The summed E-state index contributed by atoms with van der Waals surface area (Å²) < 4.78 is 5.47. The number of nitrogens with zero attached hydrogens (tertiary/aromatic N) is 1. The van der Waals surface area contributed by atoms with Crippen LogP contribution in [0.1, 0.15) is 32.4 Å². The molecule has 28 heavy (non-hydrogen) atoms. The van der Waals surface area contributed by atoms with E-state index in [0.29, 0.717) is 17.0 Å². The molecule has 6 heteroatoms. The first-order valence-electron chi connectivity index (χ1n) is 8.75. The maximum atomic E-state index is 13.4. The van der Waals surface area contributed by atoms with Gasteiger partial charge in [-0.25, -0.2) is 4.79 Å². The lowest BCUT2D eigenvalue weighted by molar-refractivity contribution is 0.0696. The molecule has 0 fully saturated rings. The number of anilines is 2. The number of carbonyl (C=O) groups is 2. The Balaban J connectivity index is 1.86. The average molecular weight is 374 g/mol. The number of nitrogens with one attached hydrogen (secondary N) is 1. The zero-order chi connectivity index (χ0) is 19.7. The van der Waals surface area contributed by atoms with Gasteiger partial charge in [-0.05, 0) is 42.0 Å². The lowest BCUT2D eigenvalue weighted by Crippen LogP contribution is -2.43. The van der Waals surface area contributed by atoms with Crippen LogP contribution in [0.4, 0.5) is 11.4 Å². The quantitative estimate of drug-likeness (QED) is 0.717. The molecule has 1 heterocycles.